The first-order valence-electron chi connectivity index (χ1n) is 5.73. The first kappa shape index (κ1) is 13.6. The maximum Gasteiger partial charge on any atom is 0.253 e. The van der Waals surface area contributed by atoms with Crippen LogP contribution in [0, 0.1) is 0 Å². The summed E-state index contributed by atoms with van der Waals surface area (Å²) in [6.07, 6.45) is 3.36. The van der Waals surface area contributed by atoms with E-state index in [-0.39, 0.29) is 17.6 Å². The second-order valence-corrected chi connectivity index (χ2v) is 4.34. The Bertz CT molecular complexity index is 379. The first-order valence-corrected chi connectivity index (χ1v) is 5.73. The molecule has 0 saturated carbocycles. The second kappa shape index (κ2) is 5.77. The summed E-state index contributed by atoms with van der Waals surface area (Å²) in [7, 11) is 1.63. The van der Waals surface area contributed by atoms with Crippen molar-refractivity contribution < 1.29 is 14.4 Å². The molecule has 1 aliphatic heterocycles. The summed E-state index contributed by atoms with van der Waals surface area (Å²) in [6.45, 7) is 1.86. The molecule has 92 valence electrons. The maximum absolute atomic E-state index is 11.5. The molecule has 0 spiro atoms. The van der Waals surface area contributed by atoms with Crippen LogP contribution in [0.2, 0.25) is 0 Å². The molecule has 2 N–H and O–H groups in total. The highest BCUT2D eigenvalue weighted by atomic mass is 16.2. The summed E-state index contributed by atoms with van der Waals surface area (Å²) in [5, 5.41) is 0. The van der Waals surface area contributed by atoms with Gasteiger partial charge in [-0.05, 0) is 31.7 Å². The van der Waals surface area contributed by atoms with Gasteiger partial charge in [0.1, 0.15) is 13.6 Å². The van der Waals surface area contributed by atoms with Crippen molar-refractivity contribution in [2.45, 2.75) is 32.2 Å². The minimum atomic E-state index is -0.431. The summed E-state index contributed by atoms with van der Waals surface area (Å²) < 4.78 is 0. The number of hydrogen-bond donors (Lipinski definition) is 1. The highest BCUT2D eigenvalue weighted by Crippen LogP contribution is 2.11. The van der Waals surface area contributed by atoms with E-state index in [1.54, 1.807) is 7.85 Å². The molecule has 1 aliphatic rings. The third kappa shape index (κ3) is 3.52. The number of ketones is 1. The predicted octanol–water partition coefficient (Wildman–Crippen LogP) is -1.04. The largest absolute Gasteiger partial charge is 0.322 e. The number of nitrogens with two attached hydrogens (primary N) is 1. The number of Topliss-reactive ketones (excluding diaryl/α,β-unsaturated/α-hetero) is 1. The Morgan fingerprint density at radius 3 is 2.59 bits per heavy atom. The smallest absolute Gasteiger partial charge is 0.253 e. The average molecular weight is 236 g/mol. The molecule has 0 bridgehead atoms. The van der Waals surface area contributed by atoms with Crippen LogP contribution in [0.3, 0.4) is 0 Å². The molecule has 17 heavy (non-hydrogen) atoms. The molecule has 0 fully saturated rings. The molecule has 0 aliphatic carbocycles. The Labute approximate surface area is 101 Å². The van der Waals surface area contributed by atoms with Gasteiger partial charge in [-0.3, -0.25) is 19.3 Å². The topological polar surface area (TPSA) is 80.5 Å². The molecule has 0 aromatic carbocycles. The fourth-order valence-electron chi connectivity index (χ4n) is 1.69. The van der Waals surface area contributed by atoms with Gasteiger partial charge in [-0.25, -0.2) is 0 Å². The highest BCUT2D eigenvalue weighted by Gasteiger charge is 2.27. The fraction of sp³-hybridized carbons (Fsp3) is 0.545. The lowest BCUT2D eigenvalue weighted by Gasteiger charge is -2.14. The summed E-state index contributed by atoms with van der Waals surface area (Å²) in [5.41, 5.74) is 6.06. The molecule has 1 heterocycles. The SMILES string of the molecule is BC1=CC(=O)N(CCCC[C@H](N)C(C)=O)C1=O. The summed E-state index contributed by atoms with van der Waals surface area (Å²) in [4.78, 5) is 35.0. The van der Waals surface area contributed by atoms with Gasteiger partial charge in [-0.2, -0.15) is 0 Å². The highest BCUT2D eigenvalue weighted by molar-refractivity contribution is 6.42. The van der Waals surface area contributed by atoms with Crippen LogP contribution >= 0.6 is 0 Å². The van der Waals surface area contributed by atoms with E-state index in [0.717, 1.165) is 6.42 Å². The molecule has 0 aromatic rings. The van der Waals surface area contributed by atoms with Crippen LogP contribution in [0.5, 0.6) is 0 Å². The second-order valence-electron chi connectivity index (χ2n) is 4.34. The molecule has 0 unspecified atom stereocenters. The van der Waals surface area contributed by atoms with Crippen LogP contribution < -0.4 is 5.73 Å². The van der Waals surface area contributed by atoms with Crippen molar-refractivity contribution in [1.82, 2.24) is 4.90 Å². The number of amides is 2. The van der Waals surface area contributed by atoms with Crippen LogP contribution in [0.1, 0.15) is 26.2 Å². The van der Waals surface area contributed by atoms with Gasteiger partial charge in [0.25, 0.3) is 5.91 Å². The van der Waals surface area contributed by atoms with Crippen molar-refractivity contribution in [2.24, 2.45) is 5.73 Å². The Morgan fingerprint density at radius 1 is 1.47 bits per heavy atom. The van der Waals surface area contributed by atoms with Crippen LogP contribution in [-0.2, 0) is 14.4 Å². The van der Waals surface area contributed by atoms with Crippen LogP contribution in [0.4, 0.5) is 0 Å². The lowest BCUT2D eigenvalue weighted by Crippen LogP contribution is -2.32. The standard InChI is InChI=1S/C11H17BN2O3/c1-7(15)9(13)4-2-3-5-14-10(16)6-8(12)11(14)17/h6,9H,2-5,12-13H2,1H3/t9-/m0/s1. The van der Waals surface area contributed by atoms with E-state index in [2.05, 4.69) is 0 Å². The lowest BCUT2D eigenvalue weighted by molar-refractivity contribution is -0.137. The van der Waals surface area contributed by atoms with Gasteiger partial charge in [0.15, 0.2) is 0 Å². The molecular weight excluding hydrogens is 219 g/mol. The van der Waals surface area contributed by atoms with Crippen molar-refractivity contribution in [3.63, 3.8) is 0 Å². The van der Waals surface area contributed by atoms with E-state index in [4.69, 9.17) is 5.73 Å². The molecule has 0 saturated heterocycles. The van der Waals surface area contributed by atoms with Crippen molar-refractivity contribution >= 4 is 25.4 Å². The maximum atomic E-state index is 11.5. The lowest BCUT2D eigenvalue weighted by atomic mass is 9.96. The van der Waals surface area contributed by atoms with E-state index in [1.165, 1.54) is 17.9 Å². The van der Waals surface area contributed by atoms with Gasteiger partial charge in [0.05, 0.1) is 6.04 Å². The van der Waals surface area contributed by atoms with Crippen molar-refractivity contribution in [3.8, 4) is 0 Å². The number of carbonyl (C=O) groups excluding carboxylic acids is 3. The number of carbonyl (C=O) groups is 3. The Hall–Kier alpha value is -1.43. The number of hydrogen-bond acceptors (Lipinski definition) is 4. The van der Waals surface area contributed by atoms with E-state index < -0.39 is 6.04 Å². The van der Waals surface area contributed by atoms with Crippen molar-refractivity contribution in [1.29, 1.82) is 0 Å². The zero-order valence-electron chi connectivity index (χ0n) is 10.2. The predicted molar refractivity (Wildman–Crippen MR) is 65.9 cm³/mol. The van der Waals surface area contributed by atoms with Crippen LogP contribution in [0.15, 0.2) is 11.5 Å². The summed E-state index contributed by atoms with van der Waals surface area (Å²) in [5.74, 6) is -0.495. The molecule has 1 rings (SSSR count). The van der Waals surface area contributed by atoms with Gasteiger partial charge in [-0.15, -0.1) is 0 Å². The minimum Gasteiger partial charge on any atom is -0.322 e. The third-order valence-corrected chi connectivity index (χ3v) is 2.86. The fourth-order valence-corrected chi connectivity index (χ4v) is 1.69. The monoisotopic (exact) mass is 236 g/mol. The van der Waals surface area contributed by atoms with Gasteiger partial charge in [0.2, 0.25) is 5.91 Å². The zero-order valence-corrected chi connectivity index (χ0v) is 10.2. The van der Waals surface area contributed by atoms with Crippen LogP contribution in [0.25, 0.3) is 0 Å². The van der Waals surface area contributed by atoms with Crippen molar-refractivity contribution in [3.05, 3.63) is 11.5 Å². The zero-order chi connectivity index (χ0) is 13.0. The third-order valence-electron chi connectivity index (χ3n) is 2.86. The summed E-state index contributed by atoms with van der Waals surface area (Å²) >= 11 is 0. The average Bonchev–Trinajstić information content (AvgIpc) is 2.49. The van der Waals surface area contributed by atoms with Crippen LogP contribution in [-0.4, -0.2) is 42.9 Å². The van der Waals surface area contributed by atoms with Gasteiger partial charge >= 0.3 is 0 Å². The molecule has 6 heteroatoms. The Balaban J connectivity index is 2.27. The van der Waals surface area contributed by atoms with Gasteiger partial charge in [-0.1, -0.05) is 0 Å². The molecule has 1 atom stereocenters. The normalized spacial score (nSPS) is 17.3. The minimum absolute atomic E-state index is 0.0316. The molecule has 2 amide bonds. The van der Waals surface area contributed by atoms with Gasteiger partial charge in [0, 0.05) is 12.6 Å². The number of rotatable bonds is 6. The number of unbranched alkanes of at least 4 members (excludes halogenated alkanes) is 1. The van der Waals surface area contributed by atoms with Gasteiger partial charge < -0.3 is 5.73 Å². The van der Waals surface area contributed by atoms with E-state index in [0.29, 0.717) is 24.9 Å². The van der Waals surface area contributed by atoms with E-state index in [1.807, 2.05) is 0 Å². The Kier molecular flexibility index (Phi) is 4.63. The first-order chi connectivity index (χ1) is 7.93. The van der Waals surface area contributed by atoms with Crippen molar-refractivity contribution in [2.75, 3.05) is 6.54 Å². The van der Waals surface area contributed by atoms with E-state index in [9.17, 15) is 14.4 Å². The number of imide groups is 1. The van der Waals surface area contributed by atoms with E-state index >= 15 is 0 Å². The quantitative estimate of drug-likeness (QED) is 0.363. The molecule has 0 radical (unpaired) electrons. The molecular formula is C11H17BN2O3. The molecule has 5 nitrogen and oxygen atoms in total. The summed E-state index contributed by atoms with van der Waals surface area (Å²) in [6, 6.07) is -0.431. The molecule has 0 aromatic heterocycles. The number of nitrogens with zero attached hydrogens (tertiary/aromatic N) is 1. The Morgan fingerprint density at radius 2 is 2.12 bits per heavy atom.